The molecule has 0 aliphatic carbocycles. The molecule has 2 rings (SSSR count). The van der Waals surface area contributed by atoms with E-state index in [-0.39, 0.29) is 0 Å². The molecule has 1 N–H and O–H groups in total. The first-order chi connectivity index (χ1) is 9.07. The van der Waals surface area contributed by atoms with E-state index in [4.69, 9.17) is 4.74 Å². The quantitative estimate of drug-likeness (QED) is 0.848. The van der Waals surface area contributed by atoms with Crippen molar-refractivity contribution in [2.45, 2.75) is 71.0 Å². The van der Waals surface area contributed by atoms with Gasteiger partial charge in [0.25, 0.3) is 0 Å². The van der Waals surface area contributed by atoms with Crippen LogP contribution in [0.25, 0.3) is 0 Å². The third-order valence-electron chi connectivity index (χ3n) is 5.10. The summed E-state index contributed by atoms with van der Waals surface area (Å²) in [6.07, 6.45) is 4.95. The van der Waals surface area contributed by atoms with Crippen LogP contribution in [0, 0.1) is 5.92 Å². The van der Waals surface area contributed by atoms with Gasteiger partial charge in [-0.25, -0.2) is 0 Å². The Kier molecular flexibility index (Phi) is 5.27. The smallest absolute Gasteiger partial charge is 0.0483 e. The van der Waals surface area contributed by atoms with E-state index >= 15 is 0 Å². The van der Waals surface area contributed by atoms with Crippen molar-refractivity contribution in [1.82, 2.24) is 10.2 Å². The largest absolute Gasteiger partial charge is 0.381 e. The van der Waals surface area contributed by atoms with Gasteiger partial charge in [0.1, 0.15) is 0 Å². The van der Waals surface area contributed by atoms with Crippen LogP contribution in [-0.4, -0.2) is 48.8 Å². The molecule has 112 valence electrons. The van der Waals surface area contributed by atoms with Crippen LogP contribution in [0.1, 0.15) is 53.4 Å². The average Bonchev–Trinajstić information content (AvgIpc) is 2.39. The minimum atomic E-state index is 0.348. The minimum absolute atomic E-state index is 0.348. The summed E-state index contributed by atoms with van der Waals surface area (Å²) in [6, 6.07) is 1.36. The highest BCUT2D eigenvalue weighted by atomic mass is 16.5. The Bertz CT molecular complexity index is 274. The fourth-order valence-electron chi connectivity index (χ4n) is 3.69. The summed E-state index contributed by atoms with van der Waals surface area (Å²) in [5.41, 5.74) is 0.348. The molecule has 2 saturated heterocycles. The molecule has 2 unspecified atom stereocenters. The maximum absolute atomic E-state index is 5.58. The summed E-state index contributed by atoms with van der Waals surface area (Å²) >= 11 is 0. The zero-order valence-electron chi connectivity index (χ0n) is 13.2. The summed E-state index contributed by atoms with van der Waals surface area (Å²) in [5, 5.41) is 3.76. The zero-order valence-corrected chi connectivity index (χ0v) is 13.2. The van der Waals surface area contributed by atoms with Crippen molar-refractivity contribution in [3.05, 3.63) is 0 Å². The molecule has 0 aromatic carbocycles. The molecular formula is C16H32N2O. The summed E-state index contributed by atoms with van der Waals surface area (Å²) < 4.78 is 5.58. The Morgan fingerprint density at radius 3 is 2.58 bits per heavy atom. The molecule has 2 fully saturated rings. The van der Waals surface area contributed by atoms with Crippen molar-refractivity contribution in [3.63, 3.8) is 0 Å². The monoisotopic (exact) mass is 268 g/mol. The molecule has 0 bridgehead atoms. The van der Waals surface area contributed by atoms with Crippen LogP contribution >= 0.6 is 0 Å². The lowest BCUT2D eigenvalue weighted by molar-refractivity contribution is -0.0636. The topological polar surface area (TPSA) is 24.5 Å². The Morgan fingerprint density at radius 1 is 1.32 bits per heavy atom. The summed E-state index contributed by atoms with van der Waals surface area (Å²) in [6.45, 7) is 13.7. The first kappa shape index (κ1) is 15.3. The molecule has 2 aliphatic rings. The summed E-state index contributed by atoms with van der Waals surface area (Å²) in [7, 11) is 0. The normalized spacial score (nSPS) is 32.7. The van der Waals surface area contributed by atoms with Crippen molar-refractivity contribution in [2.24, 2.45) is 5.92 Å². The predicted octanol–water partition coefficient (Wildman–Crippen LogP) is 2.65. The standard InChI is InChI=1S/C16H32N2O/c1-5-6-14-12-18(15(11-17-14)13(2)3)16(4)7-9-19-10-8-16/h13-15,17H,5-12H2,1-4H3. The van der Waals surface area contributed by atoms with Gasteiger partial charge in [0, 0.05) is 43.9 Å². The van der Waals surface area contributed by atoms with Crippen molar-refractivity contribution in [2.75, 3.05) is 26.3 Å². The predicted molar refractivity (Wildman–Crippen MR) is 80.5 cm³/mol. The SMILES string of the molecule is CCCC1CN(C2(C)CCOCC2)C(C(C)C)CN1. The van der Waals surface area contributed by atoms with E-state index in [1.165, 1.54) is 32.2 Å². The van der Waals surface area contributed by atoms with E-state index in [1.54, 1.807) is 0 Å². The van der Waals surface area contributed by atoms with Gasteiger partial charge < -0.3 is 10.1 Å². The number of piperazine rings is 1. The van der Waals surface area contributed by atoms with Gasteiger partial charge in [0.05, 0.1) is 0 Å². The Hall–Kier alpha value is -0.120. The van der Waals surface area contributed by atoms with Gasteiger partial charge in [-0.3, -0.25) is 4.90 Å². The Balaban J connectivity index is 2.10. The molecule has 0 amide bonds. The average molecular weight is 268 g/mol. The maximum Gasteiger partial charge on any atom is 0.0483 e. The number of hydrogen-bond acceptors (Lipinski definition) is 3. The lowest BCUT2D eigenvalue weighted by Crippen LogP contribution is -2.65. The van der Waals surface area contributed by atoms with E-state index in [9.17, 15) is 0 Å². The van der Waals surface area contributed by atoms with Crippen LogP contribution in [0.5, 0.6) is 0 Å². The third kappa shape index (κ3) is 3.50. The maximum atomic E-state index is 5.58. The molecule has 2 atom stereocenters. The van der Waals surface area contributed by atoms with Crippen molar-refractivity contribution < 1.29 is 4.74 Å². The highest BCUT2D eigenvalue weighted by molar-refractivity contribution is 4.98. The van der Waals surface area contributed by atoms with E-state index in [1.807, 2.05) is 0 Å². The molecule has 2 heterocycles. The third-order valence-corrected chi connectivity index (χ3v) is 5.10. The van der Waals surface area contributed by atoms with Crippen molar-refractivity contribution in [3.8, 4) is 0 Å². The lowest BCUT2D eigenvalue weighted by Gasteiger charge is -2.53. The van der Waals surface area contributed by atoms with Crippen LogP contribution in [0.15, 0.2) is 0 Å². The molecule has 0 radical (unpaired) electrons. The second-order valence-electron chi connectivity index (χ2n) is 6.97. The highest BCUT2D eigenvalue weighted by Gasteiger charge is 2.41. The zero-order chi connectivity index (χ0) is 13.9. The molecular weight excluding hydrogens is 236 g/mol. The molecule has 0 aromatic rings. The minimum Gasteiger partial charge on any atom is -0.381 e. The molecule has 3 heteroatoms. The Labute approximate surface area is 119 Å². The van der Waals surface area contributed by atoms with Gasteiger partial charge in [-0.05, 0) is 32.1 Å². The van der Waals surface area contributed by atoms with Gasteiger partial charge in [-0.1, -0.05) is 27.2 Å². The number of nitrogens with zero attached hydrogens (tertiary/aromatic N) is 1. The van der Waals surface area contributed by atoms with Gasteiger partial charge in [-0.15, -0.1) is 0 Å². The second-order valence-corrected chi connectivity index (χ2v) is 6.97. The van der Waals surface area contributed by atoms with Gasteiger partial charge in [0.2, 0.25) is 0 Å². The molecule has 0 saturated carbocycles. The van der Waals surface area contributed by atoms with Crippen molar-refractivity contribution >= 4 is 0 Å². The van der Waals surface area contributed by atoms with E-state index in [0.29, 0.717) is 17.6 Å². The number of rotatable bonds is 4. The summed E-state index contributed by atoms with van der Waals surface area (Å²) in [4.78, 5) is 2.82. The lowest BCUT2D eigenvalue weighted by atomic mass is 9.84. The molecule has 19 heavy (non-hydrogen) atoms. The van der Waals surface area contributed by atoms with Gasteiger partial charge in [-0.2, -0.15) is 0 Å². The number of ether oxygens (including phenoxy) is 1. The first-order valence-corrected chi connectivity index (χ1v) is 8.14. The van der Waals surface area contributed by atoms with E-state index in [0.717, 1.165) is 25.7 Å². The van der Waals surface area contributed by atoms with Gasteiger partial charge in [0.15, 0.2) is 0 Å². The van der Waals surface area contributed by atoms with Crippen LogP contribution < -0.4 is 5.32 Å². The van der Waals surface area contributed by atoms with Crippen LogP contribution in [0.2, 0.25) is 0 Å². The number of nitrogens with one attached hydrogen (secondary N) is 1. The molecule has 3 nitrogen and oxygen atoms in total. The fraction of sp³-hybridized carbons (Fsp3) is 1.00. The number of hydrogen-bond donors (Lipinski definition) is 1. The van der Waals surface area contributed by atoms with E-state index in [2.05, 4.69) is 37.9 Å². The second kappa shape index (κ2) is 6.55. The van der Waals surface area contributed by atoms with Crippen LogP contribution in [-0.2, 0) is 4.74 Å². The Morgan fingerprint density at radius 2 is 2.00 bits per heavy atom. The van der Waals surface area contributed by atoms with E-state index < -0.39 is 0 Å². The first-order valence-electron chi connectivity index (χ1n) is 8.14. The van der Waals surface area contributed by atoms with Crippen LogP contribution in [0.3, 0.4) is 0 Å². The van der Waals surface area contributed by atoms with Crippen molar-refractivity contribution in [1.29, 1.82) is 0 Å². The molecule has 0 aromatic heterocycles. The summed E-state index contributed by atoms with van der Waals surface area (Å²) in [5.74, 6) is 0.717. The van der Waals surface area contributed by atoms with Gasteiger partial charge >= 0.3 is 0 Å². The molecule has 0 spiro atoms. The fourth-order valence-corrected chi connectivity index (χ4v) is 3.69. The molecule has 2 aliphatic heterocycles. The highest BCUT2D eigenvalue weighted by Crippen LogP contribution is 2.33. The van der Waals surface area contributed by atoms with Crippen LogP contribution in [0.4, 0.5) is 0 Å².